The fraction of sp³-hybridized carbons (Fsp3) is 0.138. The quantitative estimate of drug-likeness (QED) is 0.179. The maximum atomic E-state index is 14.4. The summed E-state index contributed by atoms with van der Waals surface area (Å²) in [6.45, 7) is 2.10. The monoisotopic (exact) mass is 604 g/mol. The highest BCUT2D eigenvalue weighted by Gasteiger charge is 2.66. The van der Waals surface area contributed by atoms with E-state index in [1.165, 1.54) is 27.6 Å². The van der Waals surface area contributed by atoms with Crippen molar-refractivity contribution in [2.24, 2.45) is 0 Å². The standard InChI is InChI=1S/C29H18ClFN4O4S2/c1-2-34-20-9-4-3-8-19(20)29(26(34)38)22-23(36)18-13-17(31)10-11-21(18)39-24(22)25(37)35(29)27-32-33-28(41-27)40-14-15-6-5-7-16(30)12-15/h3-13H,2,14H2,1H3. The molecule has 2 amide bonds. The van der Waals surface area contributed by atoms with E-state index in [2.05, 4.69) is 10.2 Å². The zero-order chi connectivity index (χ0) is 28.5. The molecule has 1 spiro atoms. The fourth-order valence-electron chi connectivity index (χ4n) is 5.57. The van der Waals surface area contributed by atoms with Crippen molar-refractivity contribution < 1.29 is 18.4 Å². The third-order valence-electron chi connectivity index (χ3n) is 7.24. The third kappa shape index (κ3) is 3.69. The minimum absolute atomic E-state index is 0.0432. The van der Waals surface area contributed by atoms with Crippen LogP contribution in [0.15, 0.2) is 80.3 Å². The van der Waals surface area contributed by atoms with Crippen LogP contribution in [0.1, 0.15) is 34.2 Å². The van der Waals surface area contributed by atoms with Gasteiger partial charge in [-0.2, -0.15) is 0 Å². The van der Waals surface area contributed by atoms with E-state index < -0.39 is 28.6 Å². The summed E-state index contributed by atoms with van der Waals surface area (Å²) < 4.78 is 20.8. The Bertz CT molecular complexity index is 1980. The molecular weight excluding hydrogens is 587 g/mol. The van der Waals surface area contributed by atoms with Crippen LogP contribution >= 0.6 is 34.7 Å². The third-order valence-corrected chi connectivity index (χ3v) is 9.59. The smallest absolute Gasteiger partial charge is 0.297 e. The molecular formula is C29H18ClFN4O4S2. The highest BCUT2D eigenvalue weighted by molar-refractivity contribution is 8.00. The summed E-state index contributed by atoms with van der Waals surface area (Å²) in [5.74, 6) is -1.57. The van der Waals surface area contributed by atoms with Crippen LogP contribution in [0.5, 0.6) is 0 Å². The van der Waals surface area contributed by atoms with Crippen molar-refractivity contribution in [2.75, 3.05) is 16.3 Å². The molecule has 4 heterocycles. The highest BCUT2D eigenvalue weighted by Crippen LogP contribution is 2.54. The number of carbonyl (C=O) groups is 2. The number of nitrogens with zero attached hydrogens (tertiary/aromatic N) is 4. The zero-order valence-electron chi connectivity index (χ0n) is 21.3. The Hall–Kier alpha value is -4.06. The van der Waals surface area contributed by atoms with Crippen LogP contribution in [0.25, 0.3) is 11.0 Å². The van der Waals surface area contributed by atoms with Crippen molar-refractivity contribution in [3.8, 4) is 0 Å². The van der Waals surface area contributed by atoms with Crippen LogP contribution in [-0.4, -0.2) is 28.6 Å². The normalized spacial score (nSPS) is 17.6. The summed E-state index contributed by atoms with van der Waals surface area (Å²) in [4.78, 5) is 45.4. The molecule has 2 aliphatic rings. The van der Waals surface area contributed by atoms with Gasteiger partial charge in [-0.1, -0.05) is 65.0 Å². The number of likely N-dealkylation sites (N-methyl/N-ethyl adjacent to an activating group) is 1. The molecule has 2 aliphatic heterocycles. The van der Waals surface area contributed by atoms with Crippen molar-refractivity contribution in [1.29, 1.82) is 0 Å². The summed E-state index contributed by atoms with van der Waals surface area (Å²) in [6, 6.07) is 17.9. The molecule has 0 bridgehead atoms. The summed E-state index contributed by atoms with van der Waals surface area (Å²) in [6.07, 6.45) is 0. The van der Waals surface area contributed by atoms with E-state index in [1.807, 2.05) is 25.1 Å². The topological polar surface area (TPSA) is 96.6 Å². The van der Waals surface area contributed by atoms with Gasteiger partial charge in [-0.25, -0.2) is 4.39 Å². The van der Waals surface area contributed by atoms with E-state index in [9.17, 15) is 18.8 Å². The van der Waals surface area contributed by atoms with Crippen molar-refractivity contribution >= 4 is 68.3 Å². The molecule has 7 rings (SSSR count). The van der Waals surface area contributed by atoms with Gasteiger partial charge in [0.05, 0.1) is 16.6 Å². The van der Waals surface area contributed by atoms with Gasteiger partial charge in [0.1, 0.15) is 11.4 Å². The number of halogens is 2. The molecule has 1 atom stereocenters. The van der Waals surface area contributed by atoms with Gasteiger partial charge in [-0.3, -0.25) is 19.3 Å². The largest absolute Gasteiger partial charge is 0.450 e. The lowest BCUT2D eigenvalue weighted by molar-refractivity contribution is -0.121. The number of aromatic nitrogens is 2. The van der Waals surface area contributed by atoms with Gasteiger partial charge in [0.15, 0.2) is 15.3 Å². The molecule has 8 nitrogen and oxygen atoms in total. The number of anilines is 2. The van der Waals surface area contributed by atoms with Crippen LogP contribution in [0.4, 0.5) is 15.2 Å². The predicted octanol–water partition coefficient (Wildman–Crippen LogP) is 6.00. The number of hydrogen-bond donors (Lipinski definition) is 0. The average molecular weight is 605 g/mol. The van der Waals surface area contributed by atoms with E-state index in [-0.39, 0.29) is 27.4 Å². The zero-order valence-corrected chi connectivity index (χ0v) is 23.6. The lowest BCUT2D eigenvalue weighted by Crippen LogP contribution is -2.53. The van der Waals surface area contributed by atoms with Crippen LogP contribution < -0.4 is 15.2 Å². The van der Waals surface area contributed by atoms with E-state index in [1.54, 1.807) is 30.3 Å². The molecule has 0 fully saturated rings. The number of amides is 2. The second-order valence-electron chi connectivity index (χ2n) is 9.46. The van der Waals surface area contributed by atoms with Gasteiger partial charge in [0.2, 0.25) is 10.9 Å². The number of benzene rings is 3. The summed E-state index contributed by atoms with van der Waals surface area (Å²) in [5, 5.41) is 9.27. The first kappa shape index (κ1) is 25.9. The van der Waals surface area contributed by atoms with Crippen molar-refractivity contribution in [1.82, 2.24) is 10.2 Å². The Morgan fingerprint density at radius 2 is 1.88 bits per heavy atom. The number of thioether (sulfide) groups is 1. The maximum Gasteiger partial charge on any atom is 0.297 e. The fourth-order valence-corrected chi connectivity index (χ4v) is 7.62. The first-order valence-corrected chi connectivity index (χ1v) is 14.8. The molecule has 0 saturated carbocycles. The number of rotatable bonds is 5. The van der Waals surface area contributed by atoms with Crippen molar-refractivity contribution in [3.63, 3.8) is 0 Å². The molecule has 0 aliphatic carbocycles. The average Bonchev–Trinajstić information content (AvgIpc) is 3.60. The number of fused-ring (bicyclic) bond motifs is 5. The molecule has 12 heteroatoms. The second kappa shape index (κ2) is 9.51. The van der Waals surface area contributed by atoms with Crippen molar-refractivity contribution in [2.45, 2.75) is 22.6 Å². The van der Waals surface area contributed by atoms with Gasteiger partial charge in [0.25, 0.3) is 11.8 Å². The van der Waals surface area contributed by atoms with Gasteiger partial charge in [-0.15, -0.1) is 10.2 Å². The Labute approximate surface area is 245 Å². The molecule has 5 aromatic rings. The van der Waals surface area contributed by atoms with E-state index in [0.29, 0.717) is 32.9 Å². The minimum Gasteiger partial charge on any atom is -0.450 e. The number of carbonyl (C=O) groups excluding carboxylic acids is 2. The lowest BCUT2D eigenvalue weighted by Gasteiger charge is -2.31. The molecule has 0 saturated heterocycles. The Morgan fingerprint density at radius 1 is 1.05 bits per heavy atom. The van der Waals surface area contributed by atoms with Gasteiger partial charge in [0, 0.05) is 22.9 Å². The molecule has 204 valence electrons. The van der Waals surface area contributed by atoms with E-state index in [4.69, 9.17) is 16.0 Å². The molecule has 0 N–H and O–H groups in total. The summed E-state index contributed by atoms with van der Waals surface area (Å²) in [7, 11) is 0. The predicted molar refractivity (Wildman–Crippen MR) is 155 cm³/mol. The van der Waals surface area contributed by atoms with Gasteiger partial charge in [-0.05, 0) is 48.9 Å². The molecule has 1 unspecified atom stereocenters. The number of para-hydroxylation sites is 1. The molecule has 3 aromatic carbocycles. The van der Waals surface area contributed by atoms with Crippen molar-refractivity contribution in [3.05, 3.63) is 110 Å². The van der Waals surface area contributed by atoms with Gasteiger partial charge >= 0.3 is 0 Å². The van der Waals surface area contributed by atoms with E-state index >= 15 is 0 Å². The van der Waals surface area contributed by atoms with Crippen LogP contribution in [-0.2, 0) is 16.1 Å². The van der Waals surface area contributed by atoms with Crippen LogP contribution in [0.3, 0.4) is 0 Å². The number of hydrogen-bond acceptors (Lipinski definition) is 8. The second-order valence-corrected chi connectivity index (χ2v) is 12.1. The molecule has 2 aromatic heterocycles. The Morgan fingerprint density at radius 3 is 2.68 bits per heavy atom. The SMILES string of the molecule is CCN1C(=O)C2(c3ccccc31)c1c(oc3ccc(F)cc3c1=O)C(=O)N2c1nnc(SCc2cccc(Cl)c2)s1. The lowest BCUT2D eigenvalue weighted by atomic mass is 9.84. The van der Waals surface area contributed by atoms with Crippen LogP contribution in [0.2, 0.25) is 5.02 Å². The summed E-state index contributed by atoms with van der Waals surface area (Å²) >= 11 is 8.64. The maximum absolute atomic E-state index is 14.4. The minimum atomic E-state index is -1.89. The van der Waals surface area contributed by atoms with E-state index in [0.717, 1.165) is 29.0 Å². The first-order chi connectivity index (χ1) is 19.8. The first-order valence-electron chi connectivity index (χ1n) is 12.6. The molecule has 0 radical (unpaired) electrons. The highest BCUT2D eigenvalue weighted by atomic mass is 35.5. The van der Waals surface area contributed by atoms with Crippen LogP contribution in [0, 0.1) is 5.82 Å². The van der Waals surface area contributed by atoms with Gasteiger partial charge < -0.3 is 9.32 Å². The molecule has 41 heavy (non-hydrogen) atoms. The Kier molecular flexibility index (Phi) is 6.00. The summed E-state index contributed by atoms with van der Waals surface area (Å²) in [5.41, 5.74) is -0.687. The Balaban J connectivity index is 1.43.